The highest BCUT2D eigenvalue weighted by Gasteiger charge is 2.27. The number of ketones is 1. The second-order valence-corrected chi connectivity index (χ2v) is 8.28. The van der Waals surface area contributed by atoms with E-state index in [1.54, 1.807) is 53.1 Å². The van der Waals surface area contributed by atoms with Crippen molar-refractivity contribution in [2.75, 3.05) is 12.4 Å². The third kappa shape index (κ3) is 4.46. The standard InChI is InChI=1S/C24H17Cl3N2O3/c1-32-18-10-11-20-19(12-18)21(22(30)24(31)28-17-8-6-16(26)7-9-17)23(27)29(20)13-14-2-4-15(25)5-3-14/h2-12H,13H2,1H3,(H,28,31). The minimum absolute atomic E-state index is 0.112. The van der Waals surface area contributed by atoms with E-state index in [1.165, 1.54) is 7.11 Å². The summed E-state index contributed by atoms with van der Waals surface area (Å²) in [5.41, 5.74) is 2.20. The van der Waals surface area contributed by atoms with Crippen LogP contribution in [-0.4, -0.2) is 23.4 Å². The van der Waals surface area contributed by atoms with Gasteiger partial charge >= 0.3 is 0 Å². The van der Waals surface area contributed by atoms with Gasteiger partial charge in [0, 0.05) is 27.7 Å². The molecule has 0 bridgehead atoms. The molecule has 0 fully saturated rings. The van der Waals surface area contributed by atoms with Crippen molar-refractivity contribution in [3.05, 3.63) is 93.1 Å². The lowest BCUT2D eigenvalue weighted by Crippen LogP contribution is -2.23. The molecule has 0 atom stereocenters. The van der Waals surface area contributed by atoms with Gasteiger partial charge in [-0.15, -0.1) is 0 Å². The molecule has 0 unspecified atom stereocenters. The van der Waals surface area contributed by atoms with Crippen molar-refractivity contribution in [2.45, 2.75) is 6.54 Å². The molecule has 8 heteroatoms. The maximum atomic E-state index is 13.2. The summed E-state index contributed by atoms with van der Waals surface area (Å²) < 4.78 is 7.09. The van der Waals surface area contributed by atoms with Crippen molar-refractivity contribution in [2.24, 2.45) is 0 Å². The average Bonchev–Trinajstić information content (AvgIpc) is 3.06. The predicted molar refractivity (Wildman–Crippen MR) is 128 cm³/mol. The average molecular weight is 488 g/mol. The molecule has 4 aromatic rings. The predicted octanol–water partition coefficient (Wildman–Crippen LogP) is 6.48. The molecule has 0 spiro atoms. The topological polar surface area (TPSA) is 60.3 Å². The van der Waals surface area contributed by atoms with E-state index in [4.69, 9.17) is 39.5 Å². The Kier molecular flexibility index (Phi) is 6.42. The number of hydrogen-bond donors (Lipinski definition) is 1. The summed E-state index contributed by atoms with van der Waals surface area (Å²) in [6.07, 6.45) is 0. The number of methoxy groups -OCH3 is 1. The SMILES string of the molecule is COc1ccc2c(c1)c(C(=O)C(=O)Nc1ccc(Cl)cc1)c(Cl)n2Cc1ccc(Cl)cc1. The first kappa shape index (κ1) is 22.2. The van der Waals surface area contributed by atoms with E-state index >= 15 is 0 Å². The summed E-state index contributed by atoms with van der Waals surface area (Å²) in [6, 6.07) is 19.1. The molecule has 0 saturated heterocycles. The molecule has 0 aliphatic heterocycles. The van der Waals surface area contributed by atoms with Gasteiger partial charge in [-0.3, -0.25) is 9.59 Å². The lowest BCUT2D eigenvalue weighted by atomic mass is 10.1. The second kappa shape index (κ2) is 9.25. The molecule has 1 N–H and O–H groups in total. The molecule has 0 radical (unpaired) electrons. The van der Waals surface area contributed by atoms with E-state index in [9.17, 15) is 9.59 Å². The summed E-state index contributed by atoms with van der Waals surface area (Å²) in [7, 11) is 1.53. The lowest BCUT2D eigenvalue weighted by molar-refractivity contribution is -0.112. The van der Waals surface area contributed by atoms with Crippen LogP contribution < -0.4 is 10.1 Å². The van der Waals surface area contributed by atoms with E-state index in [2.05, 4.69) is 5.32 Å². The number of fused-ring (bicyclic) bond motifs is 1. The van der Waals surface area contributed by atoms with Gasteiger partial charge in [0.05, 0.1) is 18.2 Å². The van der Waals surface area contributed by atoms with E-state index in [0.717, 1.165) is 5.56 Å². The minimum atomic E-state index is -0.803. The number of nitrogens with zero attached hydrogens (tertiary/aromatic N) is 1. The smallest absolute Gasteiger partial charge is 0.296 e. The van der Waals surface area contributed by atoms with Crippen molar-refractivity contribution in [1.29, 1.82) is 0 Å². The largest absolute Gasteiger partial charge is 0.497 e. The van der Waals surface area contributed by atoms with Crippen molar-refractivity contribution in [1.82, 2.24) is 4.57 Å². The highest BCUT2D eigenvalue weighted by molar-refractivity contribution is 6.52. The fourth-order valence-electron chi connectivity index (χ4n) is 3.41. The molecule has 32 heavy (non-hydrogen) atoms. The van der Waals surface area contributed by atoms with Gasteiger partial charge in [0.2, 0.25) is 0 Å². The number of aromatic nitrogens is 1. The number of amides is 1. The highest BCUT2D eigenvalue weighted by atomic mass is 35.5. The first-order valence-electron chi connectivity index (χ1n) is 9.59. The number of Topliss-reactive ketones (excluding diaryl/α,β-unsaturated/α-hetero) is 1. The van der Waals surface area contributed by atoms with Crippen LogP contribution in [0.1, 0.15) is 15.9 Å². The van der Waals surface area contributed by atoms with Gasteiger partial charge in [0.25, 0.3) is 11.7 Å². The molecule has 4 rings (SSSR count). The summed E-state index contributed by atoms with van der Waals surface area (Å²) in [4.78, 5) is 25.9. The fourth-order valence-corrected chi connectivity index (χ4v) is 4.00. The first-order chi connectivity index (χ1) is 15.4. The number of hydrogen-bond acceptors (Lipinski definition) is 3. The quantitative estimate of drug-likeness (QED) is 0.250. The van der Waals surface area contributed by atoms with Gasteiger partial charge in [-0.1, -0.05) is 46.9 Å². The molecule has 0 saturated carbocycles. The molecule has 0 aliphatic carbocycles. The van der Waals surface area contributed by atoms with E-state index in [0.29, 0.717) is 38.9 Å². The second-order valence-electron chi connectivity index (χ2n) is 7.05. The Labute approximate surface area is 199 Å². The van der Waals surface area contributed by atoms with Crippen LogP contribution in [-0.2, 0) is 11.3 Å². The van der Waals surface area contributed by atoms with Crippen molar-refractivity contribution < 1.29 is 14.3 Å². The van der Waals surface area contributed by atoms with Crippen molar-refractivity contribution in [3.63, 3.8) is 0 Å². The number of benzene rings is 3. The van der Waals surface area contributed by atoms with Crippen LogP contribution in [0.15, 0.2) is 66.7 Å². The lowest BCUT2D eigenvalue weighted by Gasteiger charge is -2.08. The molecule has 1 aromatic heterocycles. The van der Waals surface area contributed by atoms with Crippen molar-refractivity contribution in [3.8, 4) is 5.75 Å². The Balaban J connectivity index is 1.76. The maximum Gasteiger partial charge on any atom is 0.296 e. The zero-order valence-corrected chi connectivity index (χ0v) is 19.1. The van der Waals surface area contributed by atoms with Crippen molar-refractivity contribution >= 4 is 63.1 Å². The Morgan fingerprint density at radius 3 is 2.16 bits per heavy atom. The number of carbonyl (C=O) groups excluding carboxylic acids is 2. The molecule has 1 amide bonds. The Morgan fingerprint density at radius 1 is 0.906 bits per heavy atom. The summed E-state index contributed by atoms with van der Waals surface area (Å²) in [5.74, 6) is -1.01. The summed E-state index contributed by atoms with van der Waals surface area (Å²) >= 11 is 18.5. The number of carbonyl (C=O) groups is 2. The van der Waals surface area contributed by atoms with Gasteiger partial charge in [0.1, 0.15) is 10.9 Å². The molecular formula is C24H17Cl3N2O3. The minimum Gasteiger partial charge on any atom is -0.497 e. The van der Waals surface area contributed by atoms with Crippen LogP contribution in [0.25, 0.3) is 10.9 Å². The molecule has 3 aromatic carbocycles. The van der Waals surface area contributed by atoms with E-state index in [-0.39, 0.29) is 10.7 Å². The van der Waals surface area contributed by atoms with E-state index in [1.807, 2.05) is 18.2 Å². The fraction of sp³-hybridized carbons (Fsp3) is 0.0833. The van der Waals surface area contributed by atoms with Gasteiger partial charge in [-0.05, 0) is 60.2 Å². The van der Waals surface area contributed by atoms with Crippen LogP contribution in [0, 0.1) is 0 Å². The van der Waals surface area contributed by atoms with Crippen LogP contribution >= 0.6 is 34.8 Å². The Morgan fingerprint density at radius 2 is 1.53 bits per heavy atom. The van der Waals surface area contributed by atoms with Crippen LogP contribution in [0.5, 0.6) is 5.75 Å². The molecule has 5 nitrogen and oxygen atoms in total. The van der Waals surface area contributed by atoms with Gasteiger partial charge in [0.15, 0.2) is 0 Å². The molecule has 0 aliphatic rings. The highest BCUT2D eigenvalue weighted by Crippen LogP contribution is 2.34. The Bertz CT molecular complexity index is 1310. The van der Waals surface area contributed by atoms with Crippen LogP contribution in [0.2, 0.25) is 15.2 Å². The van der Waals surface area contributed by atoms with Gasteiger partial charge in [-0.2, -0.15) is 0 Å². The maximum absolute atomic E-state index is 13.2. The van der Waals surface area contributed by atoms with Gasteiger partial charge in [-0.25, -0.2) is 0 Å². The normalized spacial score (nSPS) is 10.9. The summed E-state index contributed by atoms with van der Waals surface area (Å²) in [6.45, 7) is 0.394. The molecular weight excluding hydrogens is 471 g/mol. The third-order valence-electron chi connectivity index (χ3n) is 5.00. The number of halogens is 3. The van der Waals surface area contributed by atoms with Crippen LogP contribution in [0.3, 0.4) is 0 Å². The van der Waals surface area contributed by atoms with E-state index < -0.39 is 11.7 Å². The monoisotopic (exact) mass is 486 g/mol. The number of anilines is 1. The van der Waals surface area contributed by atoms with Crippen LogP contribution in [0.4, 0.5) is 5.69 Å². The molecule has 162 valence electrons. The first-order valence-corrected chi connectivity index (χ1v) is 10.7. The Hall–Kier alpha value is -2.99. The zero-order chi connectivity index (χ0) is 22.8. The number of nitrogens with one attached hydrogen (secondary N) is 1. The molecule has 1 heterocycles. The summed E-state index contributed by atoms with van der Waals surface area (Å²) in [5, 5.41) is 4.43. The number of ether oxygens (including phenoxy) is 1. The number of rotatable bonds is 6. The third-order valence-corrected chi connectivity index (χ3v) is 5.89. The van der Waals surface area contributed by atoms with Gasteiger partial charge < -0.3 is 14.6 Å². The zero-order valence-electron chi connectivity index (χ0n) is 16.9.